The van der Waals surface area contributed by atoms with Crippen molar-refractivity contribution in [3.05, 3.63) is 23.3 Å². The Bertz CT molecular complexity index is 369. The zero-order valence-electron chi connectivity index (χ0n) is 10.0. The third-order valence-corrected chi connectivity index (χ3v) is 3.17. The van der Waals surface area contributed by atoms with E-state index in [0.717, 1.165) is 35.5 Å². The molecule has 1 aromatic carbocycles. The third kappa shape index (κ3) is 2.14. The van der Waals surface area contributed by atoms with Crippen molar-refractivity contribution in [1.82, 2.24) is 0 Å². The zero-order valence-corrected chi connectivity index (χ0v) is 10.0. The van der Waals surface area contributed by atoms with Gasteiger partial charge in [-0.05, 0) is 37.5 Å². The van der Waals surface area contributed by atoms with Gasteiger partial charge in [0.15, 0.2) is 0 Å². The maximum absolute atomic E-state index is 9.90. The number of rotatable bonds is 4. The summed E-state index contributed by atoms with van der Waals surface area (Å²) >= 11 is 0. The SMILES string of the molecule is COc1cc(CC2(O)CC2)cc(OC)c1C. The Kier molecular flexibility index (Phi) is 2.80. The summed E-state index contributed by atoms with van der Waals surface area (Å²) in [5.41, 5.74) is 1.58. The molecule has 1 aliphatic carbocycles. The van der Waals surface area contributed by atoms with Crippen molar-refractivity contribution in [2.45, 2.75) is 31.8 Å². The van der Waals surface area contributed by atoms with Gasteiger partial charge >= 0.3 is 0 Å². The van der Waals surface area contributed by atoms with Gasteiger partial charge in [-0.15, -0.1) is 0 Å². The van der Waals surface area contributed by atoms with Gasteiger partial charge in [0.05, 0.1) is 19.8 Å². The van der Waals surface area contributed by atoms with Crippen molar-refractivity contribution in [2.24, 2.45) is 0 Å². The van der Waals surface area contributed by atoms with E-state index in [9.17, 15) is 5.11 Å². The summed E-state index contributed by atoms with van der Waals surface area (Å²) in [6, 6.07) is 3.96. The van der Waals surface area contributed by atoms with Crippen molar-refractivity contribution in [3.63, 3.8) is 0 Å². The van der Waals surface area contributed by atoms with Crippen LogP contribution in [0.25, 0.3) is 0 Å². The van der Waals surface area contributed by atoms with Crippen LogP contribution in [0.15, 0.2) is 12.1 Å². The number of hydrogen-bond donors (Lipinski definition) is 1. The molecule has 1 N–H and O–H groups in total. The summed E-state index contributed by atoms with van der Waals surface area (Å²) in [5, 5.41) is 9.90. The van der Waals surface area contributed by atoms with Gasteiger partial charge in [0, 0.05) is 12.0 Å². The number of methoxy groups -OCH3 is 2. The molecule has 0 radical (unpaired) electrons. The summed E-state index contributed by atoms with van der Waals surface area (Å²) in [7, 11) is 3.30. The molecule has 16 heavy (non-hydrogen) atoms. The molecule has 1 saturated carbocycles. The fourth-order valence-corrected chi connectivity index (χ4v) is 1.94. The summed E-state index contributed by atoms with van der Waals surface area (Å²) in [5.74, 6) is 1.64. The molecule has 0 atom stereocenters. The highest BCUT2D eigenvalue weighted by atomic mass is 16.5. The fraction of sp³-hybridized carbons (Fsp3) is 0.538. The first kappa shape index (κ1) is 11.3. The highest BCUT2D eigenvalue weighted by Gasteiger charge is 2.40. The van der Waals surface area contributed by atoms with Crippen LogP contribution in [0.5, 0.6) is 11.5 Å². The monoisotopic (exact) mass is 222 g/mol. The van der Waals surface area contributed by atoms with E-state index < -0.39 is 5.60 Å². The second kappa shape index (κ2) is 3.98. The van der Waals surface area contributed by atoms with Crippen LogP contribution >= 0.6 is 0 Å². The van der Waals surface area contributed by atoms with Gasteiger partial charge in [-0.25, -0.2) is 0 Å². The average Bonchev–Trinajstić information content (AvgIpc) is 2.98. The van der Waals surface area contributed by atoms with Crippen molar-refractivity contribution in [3.8, 4) is 11.5 Å². The maximum atomic E-state index is 9.90. The molecule has 3 nitrogen and oxygen atoms in total. The molecular formula is C13H18O3. The number of hydrogen-bond acceptors (Lipinski definition) is 3. The summed E-state index contributed by atoms with van der Waals surface area (Å²) in [6.45, 7) is 1.97. The smallest absolute Gasteiger partial charge is 0.125 e. The van der Waals surface area contributed by atoms with Crippen LogP contribution < -0.4 is 9.47 Å². The van der Waals surface area contributed by atoms with E-state index in [-0.39, 0.29) is 0 Å². The first-order valence-electron chi connectivity index (χ1n) is 5.52. The van der Waals surface area contributed by atoms with Gasteiger partial charge in [0.2, 0.25) is 0 Å². The minimum absolute atomic E-state index is 0.481. The second-order valence-electron chi connectivity index (χ2n) is 4.53. The summed E-state index contributed by atoms with van der Waals surface area (Å²) in [4.78, 5) is 0. The first-order chi connectivity index (χ1) is 7.58. The topological polar surface area (TPSA) is 38.7 Å². The fourth-order valence-electron chi connectivity index (χ4n) is 1.94. The lowest BCUT2D eigenvalue weighted by Crippen LogP contribution is -2.11. The quantitative estimate of drug-likeness (QED) is 0.847. The van der Waals surface area contributed by atoms with Gasteiger partial charge in [-0.2, -0.15) is 0 Å². The molecule has 0 saturated heterocycles. The van der Waals surface area contributed by atoms with Crippen molar-refractivity contribution < 1.29 is 14.6 Å². The molecule has 0 amide bonds. The molecule has 1 aliphatic rings. The van der Waals surface area contributed by atoms with Crippen LogP contribution in [0.1, 0.15) is 24.0 Å². The Hall–Kier alpha value is -1.22. The highest BCUT2D eigenvalue weighted by Crippen LogP contribution is 2.40. The lowest BCUT2D eigenvalue weighted by molar-refractivity contribution is 0.151. The number of ether oxygens (including phenoxy) is 2. The Morgan fingerprint density at radius 2 is 1.69 bits per heavy atom. The Morgan fingerprint density at radius 1 is 1.19 bits per heavy atom. The molecule has 0 spiro atoms. The Balaban J connectivity index is 2.31. The van der Waals surface area contributed by atoms with Crippen LogP contribution in [0.3, 0.4) is 0 Å². The van der Waals surface area contributed by atoms with Gasteiger partial charge in [-0.1, -0.05) is 0 Å². The van der Waals surface area contributed by atoms with Crippen LogP contribution in [0.4, 0.5) is 0 Å². The molecule has 0 aromatic heterocycles. The lowest BCUT2D eigenvalue weighted by atomic mass is 10.0. The minimum atomic E-state index is -0.481. The largest absolute Gasteiger partial charge is 0.496 e. The predicted octanol–water partition coefficient (Wildman–Crippen LogP) is 2.08. The Morgan fingerprint density at radius 3 is 2.06 bits per heavy atom. The van der Waals surface area contributed by atoms with Crippen molar-refractivity contribution in [1.29, 1.82) is 0 Å². The van der Waals surface area contributed by atoms with E-state index in [2.05, 4.69) is 0 Å². The van der Waals surface area contributed by atoms with E-state index in [4.69, 9.17) is 9.47 Å². The normalized spacial score (nSPS) is 17.0. The minimum Gasteiger partial charge on any atom is -0.496 e. The van der Waals surface area contributed by atoms with Crippen molar-refractivity contribution in [2.75, 3.05) is 14.2 Å². The molecule has 2 rings (SSSR count). The molecular weight excluding hydrogens is 204 g/mol. The van der Waals surface area contributed by atoms with Crippen LogP contribution in [0.2, 0.25) is 0 Å². The summed E-state index contributed by atoms with van der Waals surface area (Å²) in [6.07, 6.45) is 2.47. The number of aliphatic hydroxyl groups is 1. The van der Waals surface area contributed by atoms with E-state index >= 15 is 0 Å². The van der Waals surface area contributed by atoms with Gasteiger partial charge < -0.3 is 14.6 Å². The summed E-state index contributed by atoms with van der Waals surface area (Å²) < 4.78 is 10.6. The van der Waals surface area contributed by atoms with E-state index in [1.807, 2.05) is 19.1 Å². The van der Waals surface area contributed by atoms with Gasteiger partial charge in [0.25, 0.3) is 0 Å². The average molecular weight is 222 g/mol. The van der Waals surface area contributed by atoms with Gasteiger partial charge in [0.1, 0.15) is 11.5 Å². The zero-order chi connectivity index (χ0) is 11.8. The van der Waals surface area contributed by atoms with Crippen molar-refractivity contribution >= 4 is 0 Å². The second-order valence-corrected chi connectivity index (χ2v) is 4.53. The highest BCUT2D eigenvalue weighted by molar-refractivity contribution is 5.47. The third-order valence-electron chi connectivity index (χ3n) is 3.17. The van der Waals surface area contributed by atoms with Gasteiger partial charge in [-0.3, -0.25) is 0 Å². The molecule has 0 aliphatic heterocycles. The van der Waals surface area contributed by atoms with E-state index in [1.165, 1.54) is 0 Å². The molecule has 3 heteroatoms. The van der Waals surface area contributed by atoms with Crippen LogP contribution in [0, 0.1) is 6.92 Å². The molecule has 0 heterocycles. The predicted molar refractivity (Wildman–Crippen MR) is 62.2 cm³/mol. The maximum Gasteiger partial charge on any atom is 0.125 e. The number of benzene rings is 1. The molecule has 0 bridgehead atoms. The molecule has 88 valence electrons. The van der Waals surface area contributed by atoms with Crippen LogP contribution in [-0.2, 0) is 6.42 Å². The molecule has 1 aromatic rings. The van der Waals surface area contributed by atoms with E-state index in [0.29, 0.717) is 6.42 Å². The van der Waals surface area contributed by atoms with Crippen LogP contribution in [-0.4, -0.2) is 24.9 Å². The first-order valence-corrected chi connectivity index (χ1v) is 5.52. The molecule has 1 fully saturated rings. The standard InChI is InChI=1S/C13H18O3/c1-9-11(15-2)6-10(7-12(9)16-3)8-13(14)4-5-13/h6-7,14H,4-5,8H2,1-3H3. The van der Waals surface area contributed by atoms with E-state index in [1.54, 1.807) is 14.2 Å². The Labute approximate surface area is 96.0 Å². The molecule has 0 unspecified atom stereocenters. The lowest BCUT2D eigenvalue weighted by Gasteiger charge is -2.14.